The molecule has 0 N–H and O–H groups in total. The summed E-state index contributed by atoms with van der Waals surface area (Å²) in [6.45, 7) is 0.894. The predicted octanol–water partition coefficient (Wildman–Crippen LogP) is 5.43. The molecule has 10 heteroatoms. The average molecular weight is 547 g/mol. The van der Waals surface area contributed by atoms with Crippen molar-refractivity contribution in [2.24, 2.45) is 0 Å². The van der Waals surface area contributed by atoms with E-state index in [9.17, 15) is 22.8 Å². The van der Waals surface area contributed by atoms with Crippen LogP contribution in [0.15, 0.2) is 60.0 Å². The molecule has 4 rings (SSSR count). The van der Waals surface area contributed by atoms with E-state index in [-0.39, 0.29) is 30.6 Å². The second kappa shape index (κ2) is 12.0. The number of amides is 2. The molecule has 1 atom stereocenters. The largest absolute Gasteiger partial charge is 0.497 e. The quantitative estimate of drug-likeness (QED) is 0.336. The highest BCUT2D eigenvalue weighted by atomic mass is 32.1. The molecule has 1 unspecified atom stereocenters. The van der Waals surface area contributed by atoms with Crippen LogP contribution in [0.2, 0.25) is 0 Å². The van der Waals surface area contributed by atoms with Crippen LogP contribution in [0.5, 0.6) is 5.75 Å². The third kappa shape index (κ3) is 6.19. The van der Waals surface area contributed by atoms with Gasteiger partial charge in [0.1, 0.15) is 12.3 Å². The van der Waals surface area contributed by atoms with Crippen molar-refractivity contribution in [3.05, 3.63) is 87.1 Å². The second-order valence-electron chi connectivity index (χ2n) is 8.96. The van der Waals surface area contributed by atoms with Gasteiger partial charge in [-0.25, -0.2) is 0 Å². The normalized spacial score (nSPS) is 15.2. The highest BCUT2D eigenvalue weighted by Crippen LogP contribution is 2.38. The molecule has 0 bridgehead atoms. The molecule has 0 fully saturated rings. The third-order valence-corrected chi connectivity index (χ3v) is 7.56. The van der Waals surface area contributed by atoms with Crippen LogP contribution in [0.4, 0.5) is 13.2 Å². The fraction of sp³-hybridized carbons (Fsp3) is 0.357. The molecule has 6 nitrogen and oxygen atoms in total. The van der Waals surface area contributed by atoms with E-state index >= 15 is 0 Å². The number of hydrogen-bond acceptors (Lipinski definition) is 5. The van der Waals surface area contributed by atoms with Crippen LogP contribution in [0.25, 0.3) is 0 Å². The van der Waals surface area contributed by atoms with Crippen molar-refractivity contribution in [2.45, 2.75) is 25.1 Å². The Morgan fingerprint density at radius 1 is 1.05 bits per heavy atom. The summed E-state index contributed by atoms with van der Waals surface area (Å²) < 4.78 is 49.4. The lowest BCUT2D eigenvalue weighted by atomic mass is 9.93. The Labute approximate surface area is 223 Å². The summed E-state index contributed by atoms with van der Waals surface area (Å²) in [5.41, 5.74) is 1.24. The molecule has 1 aliphatic rings. The van der Waals surface area contributed by atoms with E-state index in [4.69, 9.17) is 9.47 Å². The van der Waals surface area contributed by atoms with E-state index in [1.807, 2.05) is 35.7 Å². The molecule has 0 radical (unpaired) electrons. The summed E-state index contributed by atoms with van der Waals surface area (Å²) in [6, 6.07) is 13.3. The first kappa shape index (κ1) is 27.7. The lowest BCUT2D eigenvalue weighted by Crippen LogP contribution is -2.47. The third-order valence-electron chi connectivity index (χ3n) is 6.57. The Morgan fingerprint density at radius 3 is 2.39 bits per heavy atom. The van der Waals surface area contributed by atoms with E-state index < -0.39 is 17.6 Å². The molecule has 1 aliphatic heterocycles. The maximum Gasteiger partial charge on any atom is 0.416 e. The SMILES string of the molecule is COCCCN(CC(=O)N1CCc2sccc2C1c1ccc(OC)cc1)C(=O)c1ccc(C(F)(F)F)cc1. The zero-order valence-corrected chi connectivity index (χ0v) is 22.0. The summed E-state index contributed by atoms with van der Waals surface area (Å²) in [4.78, 5) is 31.4. The average Bonchev–Trinajstić information content (AvgIpc) is 3.40. The van der Waals surface area contributed by atoms with Gasteiger partial charge in [-0.1, -0.05) is 12.1 Å². The van der Waals surface area contributed by atoms with Crippen LogP contribution in [0.3, 0.4) is 0 Å². The molecule has 0 spiro atoms. The highest BCUT2D eigenvalue weighted by molar-refractivity contribution is 7.10. The molecular weight excluding hydrogens is 517 g/mol. The fourth-order valence-electron chi connectivity index (χ4n) is 4.62. The first-order valence-corrected chi connectivity index (χ1v) is 13.1. The molecular formula is C28H29F3N2O4S. The lowest BCUT2D eigenvalue weighted by molar-refractivity contribution is -0.137. The Bertz CT molecular complexity index is 1240. The minimum Gasteiger partial charge on any atom is -0.497 e. The van der Waals surface area contributed by atoms with Crippen molar-refractivity contribution in [2.75, 3.05) is 40.5 Å². The molecule has 0 aliphatic carbocycles. The summed E-state index contributed by atoms with van der Waals surface area (Å²) in [6.07, 6.45) is -3.31. The smallest absolute Gasteiger partial charge is 0.416 e. The maximum atomic E-state index is 13.7. The van der Waals surface area contributed by atoms with E-state index in [2.05, 4.69) is 0 Å². The van der Waals surface area contributed by atoms with Gasteiger partial charge in [0.05, 0.1) is 18.7 Å². The van der Waals surface area contributed by atoms with Crippen molar-refractivity contribution >= 4 is 23.2 Å². The fourth-order valence-corrected chi connectivity index (χ4v) is 5.53. The molecule has 2 amide bonds. The van der Waals surface area contributed by atoms with Crippen LogP contribution < -0.4 is 4.74 Å². The van der Waals surface area contributed by atoms with Crippen molar-refractivity contribution in [1.29, 1.82) is 0 Å². The summed E-state index contributed by atoms with van der Waals surface area (Å²) in [5, 5.41) is 2.01. The molecule has 2 aromatic carbocycles. The number of rotatable bonds is 9. The zero-order chi connectivity index (χ0) is 27.3. The van der Waals surface area contributed by atoms with Gasteiger partial charge in [0.15, 0.2) is 0 Å². The van der Waals surface area contributed by atoms with Gasteiger partial charge >= 0.3 is 6.18 Å². The van der Waals surface area contributed by atoms with E-state index in [0.717, 1.165) is 35.4 Å². The molecule has 0 saturated heterocycles. The Balaban J connectivity index is 1.58. The highest BCUT2D eigenvalue weighted by Gasteiger charge is 2.34. The van der Waals surface area contributed by atoms with Crippen LogP contribution in [0, 0.1) is 0 Å². The van der Waals surface area contributed by atoms with Gasteiger partial charge in [0.25, 0.3) is 5.91 Å². The molecule has 2 heterocycles. The monoisotopic (exact) mass is 546 g/mol. The van der Waals surface area contributed by atoms with E-state index in [1.165, 1.54) is 9.78 Å². The summed E-state index contributed by atoms with van der Waals surface area (Å²) in [7, 11) is 3.13. The minimum atomic E-state index is -4.50. The molecule has 38 heavy (non-hydrogen) atoms. The number of alkyl halides is 3. The molecule has 3 aromatic rings. The topological polar surface area (TPSA) is 59.1 Å². The van der Waals surface area contributed by atoms with Crippen LogP contribution in [-0.4, -0.2) is 62.1 Å². The van der Waals surface area contributed by atoms with Crippen molar-refractivity contribution < 1.29 is 32.2 Å². The maximum absolute atomic E-state index is 13.7. The second-order valence-corrected chi connectivity index (χ2v) is 9.96. The first-order chi connectivity index (χ1) is 18.2. The van der Waals surface area contributed by atoms with Gasteiger partial charge in [-0.05, 0) is 71.8 Å². The number of methoxy groups -OCH3 is 2. The molecule has 202 valence electrons. The Morgan fingerprint density at radius 2 is 1.76 bits per heavy atom. The molecule has 0 saturated carbocycles. The number of ether oxygens (including phenoxy) is 2. The number of fused-ring (bicyclic) bond motifs is 1. The van der Waals surface area contributed by atoms with Crippen molar-refractivity contribution in [1.82, 2.24) is 9.80 Å². The van der Waals surface area contributed by atoms with E-state index in [0.29, 0.717) is 31.7 Å². The number of carbonyl (C=O) groups is 2. The zero-order valence-electron chi connectivity index (χ0n) is 21.2. The summed E-state index contributed by atoms with van der Waals surface area (Å²) in [5.74, 6) is -0.0304. The number of benzene rings is 2. The number of carbonyl (C=O) groups excluding carboxylic acids is 2. The Kier molecular flexibility index (Phi) is 8.73. The number of thiophene rings is 1. The lowest BCUT2D eigenvalue weighted by Gasteiger charge is -2.37. The standard InChI is InChI=1S/C28H29F3N2O4S/c1-36-16-3-14-32(27(35)20-4-8-21(9-5-20)28(29,30)31)18-25(34)33-15-12-24-23(13-17-38-24)26(33)19-6-10-22(37-2)11-7-19/h4-11,13,17,26H,3,12,14-16,18H2,1-2H3. The van der Waals surface area contributed by atoms with Crippen LogP contribution in [-0.2, 0) is 22.1 Å². The number of halogens is 3. The van der Waals surface area contributed by atoms with Gasteiger partial charge in [-0.2, -0.15) is 13.2 Å². The van der Waals surface area contributed by atoms with Gasteiger partial charge in [0.2, 0.25) is 5.91 Å². The van der Waals surface area contributed by atoms with Gasteiger partial charge in [-0.15, -0.1) is 11.3 Å². The minimum absolute atomic E-state index is 0.0914. The van der Waals surface area contributed by atoms with Gasteiger partial charge < -0.3 is 19.3 Å². The molecule has 1 aromatic heterocycles. The first-order valence-electron chi connectivity index (χ1n) is 12.2. The van der Waals surface area contributed by atoms with Crippen molar-refractivity contribution in [3.8, 4) is 5.75 Å². The number of nitrogens with zero attached hydrogens (tertiary/aromatic N) is 2. The van der Waals surface area contributed by atoms with Crippen LogP contribution in [0.1, 0.15) is 44.4 Å². The summed E-state index contributed by atoms with van der Waals surface area (Å²) >= 11 is 1.66. The Hall–Kier alpha value is -3.37. The predicted molar refractivity (Wildman–Crippen MR) is 138 cm³/mol. The number of hydrogen-bond donors (Lipinski definition) is 0. The van der Waals surface area contributed by atoms with Crippen LogP contribution >= 0.6 is 11.3 Å². The van der Waals surface area contributed by atoms with Crippen molar-refractivity contribution in [3.63, 3.8) is 0 Å². The van der Waals surface area contributed by atoms with E-state index in [1.54, 1.807) is 30.5 Å². The van der Waals surface area contributed by atoms with Gasteiger partial charge in [-0.3, -0.25) is 9.59 Å². The van der Waals surface area contributed by atoms with Gasteiger partial charge in [0, 0.05) is 37.2 Å².